The maximum Gasteiger partial charge on any atom is 0.194 e. The van der Waals surface area contributed by atoms with Crippen LogP contribution in [0.25, 0.3) is 0 Å². The van der Waals surface area contributed by atoms with Crippen molar-refractivity contribution >= 4 is 5.96 Å². The molecule has 0 saturated carbocycles. The van der Waals surface area contributed by atoms with Crippen LogP contribution in [0.5, 0.6) is 5.75 Å². The van der Waals surface area contributed by atoms with Crippen LogP contribution < -0.4 is 10.1 Å². The van der Waals surface area contributed by atoms with Crippen LogP contribution in [0, 0.1) is 13.8 Å². The van der Waals surface area contributed by atoms with Crippen molar-refractivity contribution in [3.05, 3.63) is 29.3 Å². The zero-order valence-electron chi connectivity index (χ0n) is 19.0. The highest BCUT2D eigenvalue weighted by molar-refractivity contribution is 5.80. The van der Waals surface area contributed by atoms with E-state index in [0.717, 1.165) is 63.8 Å². The smallest absolute Gasteiger partial charge is 0.194 e. The zero-order valence-corrected chi connectivity index (χ0v) is 19.0. The molecule has 2 saturated heterocycles. The van der Waals surface area contributed by atoms with E-state index in [0.29, 0.717) is 25.4 Å². The van der Waals surface area contributed by atoms with Crippen LogP contribution >= 0.6 is 0 Å². The Balaban J connectivity index is 1.42. The zero-order chi connectivity index (χ0) is 21.2. The molecule has 2 heterocycles. The van der Waals surface area contributed by atoms with E-state index >= 15 is 0 Å². The highest BCUT2D eigenvalue weighted by Gasteiger charge is 2.23. The van der Waals surface area contributed by atoms with Crippen molar-refractivity contribution in [2.24, 2.45) is 4.99 Å². The molecule has 0 radical (unpaired) electrons. The van der Waals surface area contributed by atoms with E-state index in [1.165, 1.54) is 24.0 Å². The Hall–Kier alpha value is -1.79. The van der Waals surface area contributed by atoms with Crippen LogP contribution in [-0.4, -0.2) is 69.1 Å². The summed E-state index contributed by atoms with van der Waals surface area (Å²) in [5.74, 6) is 1.97. The molecular weight excluding hydrogens is 378 g/mol. The maximum atomic E-state index is 6.15. The Morgan fingerprint density at radius 3 is 2.60 bits per heavy atom. The summed E-state index contributed by atoms with van der Waals surface area (Å²) in [5, 5.41) is 3.43. The summed E-state index contributed by atoms with van der Waals surface area (Å²) < 4.78 is 17.9. The van der Waals surface area contributed by atoms with Crippen molar-refractivity contribution in [3.63, 3.8) is 0 Å². The van der Waals surface area contributed by atoms with Gasteiger partial charge in [0.15, 0.2) is 5.96 Å². The quantitative estimate of drug-likeness (QED) is 0.397. The van der Waals surface area contributed by atoms with Crippen molar-refractivity contribution < 1.29 is 14.2 Å². The molecule has 30 heavy (non-hydrogen) atoms. The molecule has 3 rings (SSSR count). The van der Waals surface area contributed by atoms with Crippen LogP contribution in [0.2, 0.25) is 0 Å². The van der Waals surface area contributed by atoms with Crippen LogP contribution in [0.15, 0.2) is 23.2 Å². The summed E-state index contributed by atoms with van der Waals surface area (Å²) in [7, 11) is 0. The number of likely N-dealkylation sites (tertiary alicyclic amines) is 1. The van der Waals surface area contributed by atoms with Gasteiger partial charge in [0.25, 0.3) is 0 Å². The molecule has 0 aliphatic carbocycles. The van der Waals surface area contributed by atoms with Gasteiger partial charge in [-0.2, -0.15) is 0 Å². The first-order valence-corrected chi connectivity index (χ1v) is 11.6. The highest BCUT2D eigenvalue weighted by Crippen LogP contribution is 2.22. The molecule has 6 heteroatoms. The van der Waals surface area contributed by atoms with Crippen molar-refractivity contribution in [2.75, 3.05) is 46.0 Å². The number of rotatable bonds is 8. The lowest BCUT2D eigenvalue weighted by Gasteiger charge is -2.35. The number of ether oxygens (including phenoxy) is 3. The van der Waals surface area contributed by atoms with E-state index in [2.05, 4.69) is 49.2 Å². The SMILES string of the molecule is CCNC(=NCCOc1c(C)cccc1C)N1CCC(OCC2CCCCO2)CC1. The van der Waals surface area contributed by atoms with Gasteiger partial charge in [0, 0.05) is 26.2 Å². The van der Waals surface area contributed by atoms with Gasteiger partial charge >= 0.3 is 0 Å². The van der Waals surface area contributed by atoms with Crippen LogP contribution in [-0.2, 0) is 9.47 Å². The van der Waals surface area contributed by atoms with Gasteiger partial charge in [0.05, 0.1) is 25.4 Å². The fourth-order valence-electron chi connectivity index (χ4n) is 4.17. The fraction of sp³-hybridized carbons (Fsp3) is 0.708. The Kier molecular flexibility index (Phi) is 9.27. The molecule has 2 aliphatic heterocycles. The van der Waals surface area contributed by atoms with E-state index in [-0.39, 0.29) is 0 Å². The Labute approximate surface area is 182 Å². The highest BCUT2D eigenvalue weighted by atomic mass is 16.5. The second-order valence-electron chi connectivity index (χ2n) is 8.31. The summed E-state index contributed by atoms with van der Waals surface area (Å²) in [5.41, 5.74) is 2.35. The first-order chi connectivity index (χ1) is 14.7. The lowest BCUT2D eigenvalue weighted by molar-refractivity contribution is -0.0721. The average molecular weight is 418 g/mol. The van der Waals surface area contributed by atoms with Crippen molar-refractivity contribution in [1.82, 2.24) is 10.2 Å². The van der Waals surface area contributed by atoms with Gasteiger partial charge < -0.3 is 24.4 Å². The van der Waals surface area contributed by atoms with E-state index < -0.39 is 0 Å². The number of guanidine groups is 1. The predicted octanol–water partition coefficient (Wildman–Crippen LogP) is 3.70. The molecule has 0 spiro atoms. The molecule has 0 bridgehead atoms. The Morgan fingerprint density at radius 2 is 1.93 bits per heavy atom. The van der Waals surface area contributed by atoms with Gasteiger partial charge in [-0.3, -0.25) is 0 Å². The van der Waals surface area contributed by atoms with Crippen molar-refractivity contribution in [3.8, 4) is 5.75 Å². The number of hydrogen-bond donors (Lipinski definition) is 1. The molecule has 2 aliphatic rings. The number of nitrogens with one attached hydrogen (secondary N) is 1. The fourth-order valence-corrected chi connectivity index (χ4v) is 4.17. The standard InChI is InChI=1S/C24H39N3O3/c1-4-25-24(26-13-17-29-23-19(2)8-7-9-20(23)3)27-14-11-21(12-15-27)30-18-22-10-5-6-16-28-22/h7-9,21-22H,4-6,10-18H2,1-3H3,(H,25,26). The summed E-state index contributed by atoms with van der Waals surface area (Å²) in [6.07, 6.45) is 6.31. The largest absolute Gasteiger partial charge is 0.491 e. The predicted molar refractivity (Wildman–Crippen MR) is 122 cm³/mol. The third kappa shape index (κ3) is 6.88. The lowest BCUT2D eigenvalue weighted by Crippen LogP contribution is -2.47. The molecule has 1 unspecified atom stereocenters. The van der Waals surface area contributed by atoms with E-state index in [1.54, 1.807) is 0 Å². The average Bonchev–Trinajstić information content (AvgIpc) is 2.77. The number of para-hydroxylation sites is 1. The number of hydrogen-bond acceptors (Lipinski definition) is 4. The van der Waals surface area contributed by atoms with Crippen LogP contribution in [0.1, 0.15) is 50.2 Å². The normalized spacial score (nSPS) is 21.0. The van der Waals surface area contributed by atoms with Gasteiger partial charge in [-0.1, -0.05) is 18.2 Å². The Morgan fingerprint density at radius 1 is 1.17 bits per heavy atom. The van der Waals surface area contributed by atoms with Gasteiger partial charge in [0.1, 0.15) is 12.4 Å². The van der Waals surface area contributed by atoms with Gasteiger partial charge in [-0.05, 0) is 64.0 Å². The van der Waals surface area contributed by atoms with Crippen molar-refractivity contribution in [2.45, 2.75) is 65.1 Å². The molecular formula is C24H39N3O3. The summed E-state index contributed by atoms with van der Waals surface area (Å²) in [6, 6.07) is 6.24. The first-order valence-electron chi connectivity index (χ1n) is 11.6. The molecule has 0 amide bonds. The van der Waals surface area contributed by atoms with Crippen LogP contribution in [0.3, 0.4) is 0 Å². The Bertz CT molecular complexity index is 645. The van der Waals surface area contributed by atoms with Crippen molar-refractivity contribution in [1.29, 1.82) is 0 Å². The molecule has 1 aromatic carbocycles. The number of benzene rings is 1. The number of aliphatic imine (C=N–C) groups is 1. The summed E-state index contributed by atoms with van der Waals surface area (Å²) in [4.78, 5) is 7.15. The molecule has 1 atom stereocenters. The van der Waals surface area contributed by atoms with E-state index in [1.807, 2.05) is 0 Å². The topological polar surface area (TPSA) is 55.3 Å². The minimum atomic E-state index is 0.299. The minimum Gasteiger partial charge on any atom is -0.491 e. The molecule has 1 aromatic rings. The third-order valence-corrected chi connectivity index (χ3v) is 5.88. The number of piperidine rings is 1. The van der Waals surface area contributed by atoms with Crippen LogP contribution in [0.4, 0.5) is 0 Å². The summed E-state index contributed by atoms with van der Waals surface area (Å²) in [6.45, 7) is 12.0. The molecule has 2 fully saturated rings. The van der Waals surface area contributed by atoms with E-state index in [4.69, 9.17) is 19.2 Å². The third-order valence-electron chi connectivity index (χ3n) is 5.88. The second-order valence-corrected chi connectivity index (χ2v) is 8.31. The number of nitrogens with zero attached hydrogens (tertiary/aromatic N) is 2. The van der Waals surface area contributed by atoms with Gasteiger partial charge in [-0.15, -0.1) is 0 Å². The molecule has 0 aromatic heterocycles. The van der Waals surface area contributed by atoms with E-state index in [9.17, 15) is 0 Å². The second kappa shape index (κ2) is 12.2. The molecule has 1 N–H and O–H groups in total. The minimum absolute atomic E-state index is 0.299. The maximum absolute atomic E-state index is 6.15. The van der Waals surface area contributed by atoms with Gasteiger partial charge in [0.2, 0.25) is 0 Å². The number of aryl methyl sites for hydroxylation is 2. The first kappa shape index (κ1) is 22.9. The summed E-state index contributed by atoms with van der Waals surface area (Å²) >= 11 is 0. The van der Waals surface area contributed by atoms with Gasteiger partial charge in [-0.25, -0.2) is 4.99 Å². The molecule has 168 valence electrons. The monoisotopic (exact) mass is 417 g/mol. The molecule has 6 nitrogen and oxygen atoms in total. The lowest BCUT2D eigenvalue weighted by atomic mass is 10.1.